The molecule has 1 aliphatic rings. The first-order valence-electron chi connectivity index (χ1n) is 4.19. The van der Waals surface area contributed by atoms with Gasteiger partial charge in [0.25, 0.3) is 0 Å². The molecule has 0 radical (unpaired) electrons. The summed E-state index contributed by atoms with van der Waals surface area (Å²) in [4.78, 5) is 11.3. The summed E-state index contributed by atoms with van der Waals surface area (Å²) in [6, 6.07) is 0. The fraction of sp³-hybridized carbons (Fsp3) is 0.875. The Bertz CT molecular complexity index is 146. The normalized spacial score (nSPS) is 22.6. The Kier molecular flexibility index (Phi) is 4.46. The lowest BCUT2D eigenvalue weighted by atomic mass is 10.1. The second-order valence-corrected chi connectivity index (χ2v) is 3.99. The van der Waals surface area contributed by atoms with E-state index in [0.29, 0.717) is 13.2 Å². The van der Waals surface area contributed by atoms with Gasteiger partial charge in [-0.2, -0.15) is 11.8 Å². The van der Waals surface area contributed by atoms with Crippen molar-refractivity contribution in [3.05, 3.63) is 0 Å². The van der Waals surface area contributed by atoms with Gasteiger partial charge in [-0.25, -0.2) is 0 Å². The van der Waals surface area contributed by atoms with Gasteiger partial charge in [-0.1, -0.05) is 0 Å². The summed E-state index contributed by atoms with van der Waals surface area (Å²) in [5.41, 5.74) is 0. The zero-order valence-corrected chi connectivity index (χ0v) is 8.15. The molecule has 3 nitrogen and oxygen atoms in total. The molecule has 1 fully saturated rings. The number of nitrogens with one attached hydrogen (secondary N) is 1. The molecule has 1 unspecified atom stereocenters. The van der Waals surface area contributed by atoms with Gasteiger partial charge in [-0.3, -0.25) is 4.79 Å². The summed E-state index contributed by atoms with van der Waals surface area (Å²) >= 11 is 1.86. The number of hydrogen-bond donors (Lipinski definition) is 1. The van der Waals surface area contributed by atoms with Crippen LogP contribution < -0.4 is 5.32 Å². The molecule has 4 heteroatoms. The third-order valence-electron chi connectivity index (χ3n) is 1.91. The Morgan fingerprint density at radius 1 is 1.75 bits per heavy atom. The predicted octanol–water partition coefficient (Wildman–Crippen LogP) is 0.502. The van der Waals surface area contributed by atoms with Crippen molar-refractivity contribution in [1.82, 2.24) is 5.32 Å². The van der Waals surface area contributed by atoms with Crippen LogP contribution in [0.4, 0.5) is 0 Å². The van der Waals surface area contributed by atoms with E-state index in [2.05, 4.69) is 5.32 Å². The topological polar surface area (TPSA) is 38.3 Å². The van der Waals surface area contributed by atoms with Gasteiger partial charge in [0.1, 0.15) is 0 Å². The van der Waals surface area contributed by atoms with E-state index < -0.39 is 0 Å². The highest BCUT2D eigenvalue weighted by atomic mass is 32.2. The molecule has 1 rings (SSSR count). The average Bonchev–Trinajstić information content (AvgIpc) is 2.56. The molecule has 0 bridgehead atoms. The fourth-order valence-electron chi connectivity index (χ4n) is 1.16. The predicted molar refractivity (Wildman–Crippen MR) is 50.3 cm³/mol. The molecular formula is C8H15NO2S. The monoisotopic (exact) mass is 189 g/mol. The van der Waals surface area contributed by atoms with E-state index >= 15 is 0 Å². The second-order valence-electron chi connectivity index (χ2n) is 2.84. The number of methoxy groups -OCH3 is 1. The molecule has 1 heterocycles. The third-order valence-corrected chi connectivity index (χ3v) is 3.07. The van der Waals surface area contributed by atoms with Crippen LogP contribution in [-0.2, 0) is 9.53 Å². The van der Waals surface area contributed by atoms with Crippen LogP contribution in [0, 0.1) is 5.92 Å². The van der Waals surface area contributed by atoms with Gasteiger partial charge >= 0.3 is 0 Å². The zero-order valence-electron chi connectivity index (χ0n) is 7.34. The number of ether oxygens (including phenoxy) is 1. The van der Waals surface area contributed by atoms with Crippen molar-refractivity contribution in [3.63, 3.8) is 0 Å². The Balaban J connectivity index is 2.10. The zero-order chi connectivity index (χ0) is 8.81. The van der Waals surface area contributed by atoms with Gasteiger partial charge in [0.05, 0.1) is 6.61 Å². The van der Waals surface area contributed by atoms with E-state index in [1.54, 1.807) is 7.11 Å². The van der Waals surface area contributed by atoms with Gasteiger partial charge in [-0.15, -0.1) is 0 Å². The van der Waals surface area contributed by atoms with E-state index in [1.165, 1.54) is 0 Å². The van der Waals surface area contributed by atoms with Crippen LogP contribution in [0.2, 0.25) is 0 Å². The molecule has 0 aromatic carbocycles. The highest BCUT2D eigenvalue weighted by molar-refractivity contribution is 7.99. The molecule has 0 saturated carbocycles. The summed E-state index contributed by atoms with van der Waals surface area (Å²) in [7, 11) is 1.64. The number of carbonyl (C=O) groups is 1. The lowest BCUT2D eigenvalue weighted by Crippen LogP contribution is -2.32. The minimum Gasteiger partial charge on any atom is -0.383 e. The van der Waals surface area contributed by atoms with Crippen LogP contribution in [0.5, 0.6) is 0 Å². The molecule has 1 amide bonds. The molecule has 12 heavy (non-hydrogen) atoms. The summed E-state index contributed by atoms with van der Waals surface area (Å²) in [6.07, 6.45) is 1.03. The molecular weight excluding hydrogens is 174 g/mol. The van der Waals surface area contributed by atoms with Crippen LogP contribution in [0.1, 0.15) is 6.42 Å². The van der Waals surface area contributed by atoms with Crippen molar-refractivity contribution >= 4 is 17.7 Å². The number of carbonyl (C=O) groups excluding carboxylic acids is 1. The summed E-state index contributed by atoms with van der Waals surface area (Å²) < 4.78 is 4.83. The molecule has 0 aromatic heterocycles. The first-order valence-corrected chi connectivity index (χ1v) is 5.34. The minimum absolute atomic E-state index is 0.192. The van der Waals surface area contributed by atoms with Gasteiger partial charge in [0.15, 0.2) is 0 Å². The van der Waals surface area contributed by atoms with Crippen molar-refractivity contribution in [1.29, 1.82) is 0 Å². The maximum absolute atomic E-state index is 11.3. The first kappa shape index (κ1) is 9.86. The highest BCUT2D eigenvalue weighted by Gasteiger charge is 2.22. The van der Waals surface area contributed by atoms with Crippen molar-refractivity contribution < 1.29 is 9.53 Å². The smallest absolute Gasteiger partial charge is 0.224 e. The lowest BCUT2D eigenvalue weighted by molar-refractivity contribution is -0.124. The van der Waals surface area contributed by atoms with Crippen LogP contribution in [0.25, 0.3) is 0 Å². The highest BCUT2D eigenvalue weighted by Crippen LogP contribution is 2.23. The minimum atomic E-state index is 0.192. The lowest BCUT2D eigenvalue weighted by Gasteiger charge is -2.08. The largest absolute Gasteiger partial charge is 0.383 e. The first-order chi connectivity index (χ1) is 5.84. The van der Waals surface area contributed by atoms with E-state index in [9.17, 15) is 4.79 Å². The van der Waals surface area contributed by atoms with Crippen molar-refractivity contribution in [2.75, 3.05) is 31.8 Å². The van der Waals surface area contributed by atoms with Crippen molar-refractivity contribution in [2.24, 2.45) is 5.92 Å². The maximum atomic E-state index is 11.3. The van der Waals surface area contributed by atoms with Crippen LogP contribution in [0.3, 0.4) is 0 Å². The van der Waals surface area contributed by atoms with E-state index in [-0.39, 0.29) is 11.8 Å². The average molecular weight is 189 g/mol. The van der Waals surface area contributed by atoms with Gasteiger partial charge in [0, 0.05) is 25.3 Å². The van der Waals surface area contributed by atoms with Crippen molar-refractivity contribution in [3.8, 4) is 0 Å². The molecule has 0 spiro atoms. The van der Waals surface area contributed by atoms with Crippen molar-refractivity contribution in [2.45, 2.75) is 6.42 Å². The molecule has 0 aromatic rings. The quantitative estimate of drug-likeness (QED) is 0.655. The number of amides is 1. The Labute approximate surface area is 77.2 Å². The Hall–Kier alpha value is -0.220. The number of hydrogen-bond acceptors (Lipinski definition) is 3. The molecule has 1 atom stereocenters. The fourth-order valence-corrected chi connectivity index (χ4v) is 2.38. The molecule has 1 N–H and O–H groups in total. The SMILES string of the molecule is COCCNC(=O)C1CCSC1. The molecule has 1 saturated heterocycles. The van der Waals surface area contributed by atoms with E-state index in [1.807, 2.05) is 11.8 Å². The standard InChI is InChI=1S/C8H15NO2S/c1-11-4-3-9-8(10)7-2-5-12-6-7/h7H,2-6H2,1H3,(H,9,10). The number of rotatable bonds is 4. The Morgan fingerprint density at radius 2 is 2.58 bits per heavy atom. The summed E-state index contributed by atoms with van der Waals surface area (Å²) in [5, 5.41) is 2.85. The van der Waals surface area contributed by atoms with Gasteiger partial charge < -0.3 is 10.1 Å². The van der Waals surface area contributed by atoms with Gasteiger partial charge in [0.2, 0.25) is 5.91 Å². The van der Waals surface area contributed by atoms with Crippen LogP contribution in [-0.4, -0.2) is 37.7 Å². The van der Waals surface area contributed by atoms with E-state index in [4.69, 9.17) is 4.74 Å². The third kappa shape index (κ3) is 3.03. The molecule has 70 valence electrons. The van der Waals surface area contributed by atoms with Crippen LogP contribution >= 0.6 is 11.8 Å². The number of thioether (sulfide) groups is 1. The van der Waals surface area contributed by atoms with Crippen LogP contribution in [0.15, 0.2) is 0 Å². The van der Waals surface area contributed by atoms with E-state index in [0.717, 1.165) is 17.9 Å². The van der Waals surface area contributed by atoms with Gasteiger partial charge in [-0.05, 0) is 12.2 Å². The Morgan fingerprint density at radius 3 is 3.17 bits per heavy atom. The molecule has 0 aliphatic carbocycles. The molecule has 1 aliphatic heterocycles. The summed E-state index contributed by atoms with van der Waals surface area (Å²) in [6.45, 7) is 1.24. The second kappa shape index (κ2) is 5.43. The summed E-state index contributed by atoms with van der Waals surface area (Å²) in [5.74, 6) is 2.55. The maximum Gasteiger partial charge on any atom is 0.224 e.